The van der Waals surface area contributed by atoms with E-state index in [1.807, 2.05) is 48.5 Å². The van der Waals surface area contributed by atoms with Gasteiger partial charge in [-0.2, -0.15) is 0 Å². The molecular weight excluding hydrogens is 352 g/mol. The largest absolute Gasteiger partial charge is 0.457 e. The molecule has 2 amide bonds. The van der Waals surface area contributed by atoms with Crippen LogP contribution in [0.1, 0.15) is 23.2 Å². The number of rotatable bonds is 5. The Morgan fingerprint density at radius 1 is 0.893 bits per heavy atom. The predicted molar refractivity (Wildman–Crippen MR) is 109 cm³/mol. The Labute approximate surface area is 163 Å². The molecule has 0 bridgehead atoms. The van der Waals surface area contributed by atoms with Crippen molar-refractivity contribution in [1.82, 2.24) is 0 Å². The van der Waals surface area contributed by atoms with Gasteiger partial charge in [0, 0.05) is 29.9 Å². The van der Waals surface area contributed by atoms with Crippen LogP contribution < -0.4 is 15.0 Å². The lowest BCUT2D eigenvalue weighted by atomic mass is 10.1. The molecule has 0 unspecified atom stereocenters. The molecule has 0 saturated carbocycles. The Hall–Kier alpha value is -3.60. The van der Waals surface area contributed by atoms with Crippen LogP contribution >= 0.6 is 0 Å². The van der Waals surface area contributed by atoms with Gasteiger partial charge >= 0.3 is 0 Å². The Kier molecular flexibility index (Phi) is 5.06. The maximum Gasteiger partial charge on any atom is 0.255 e. The summed E-state index contributed by atoms with van der Waals surface area (Å²) >= 11 is 0. The Morgan fingerprint density at radius 3 is 2.36 bits per heavy atom. The molecule has 0 atom stereocenters. The van der Waals surface area contributed by atoms with Crippen molar-refractivity contribution in [2.24, 2.45) is 0 Å². The number of carbonyl (C=O) groups is 2. The third kappa shape index (κ3) is 4.04. The maximum absolute atomic E-state index is 12.6. The minimum Gasteiger partial charge on any atom is -0.457 e. The number of anilines is 2. The van der Waals surface area contributed by atoms with E-state index in [1.54, 1.807) is 35.2 Å². The van der Waals surface area contributed by atoms with E-state index in [2.05, 4.69) is 5.32 Å². The van der Waals surface area contributed by atoms with Gasteiger partial charge in [-0.05, 0) is 61.0 Å². The van der Waals surface area contributed by atoms with Gasteiger partial charge in [-0.15, -0.1) is 0 Å². The number of para-hydroxylation sites is 1. The van der Waals surface area contributed by atoms with E-state index < -0.39 is 0 Å². The van der Waals surface area contributed by atoms with Crippen molar-refractivity contribution in [2.75, 3.05) is 16.8 Å². The van der Waals surface area contributed by atoms with Gasteiger partial charge in [0.25, 0.3) is 5.91 Å². The summed E-state index contributed by atoms with van der Waals surface area (Å²) in [5.41, 5.74) is 1.96. The molecule has 1 heterocycles. The molecule has 1 fully saturated rings. The van der Waals surface area contributed by atoms with Gasteiger partial charge in [0.05, 0.1) is 0 Å². The molecule has 0 aliphatic carbocycles. The first-order chi connectivity index (χ1) is 13.7. The average molecular weight is 372 g/mol. The van der Waals surface area contributed by atoms with Crippen LogP contribution in [-0.4, -0.2) is 18.4 Å². The van der Waals surface area contributed by atoms with Crippen molar-refractivity contribution in [3.05, 3.63) is 84.4 Å². The van der Waals surface area contributed by atoms with E-state index in [-0.39, 0.29) is 11.8 Å². The van der Waals surface area contributed by atoms with Gasteiger partial charge in [0.15, 0.2) is 0 Å². The summed E-state index contributed by atoms with van der Waals surface area (Å²) < 4.78 is 5.76. The zero-order valence-corrected chi connectivity index (χ0v) is 15.3. The van der Waals surface area contributed by atoms with Crippen molar-refractivity contribution >= 4 is 23.2 Å². The van der Waals surface area contributed by atoms with Crippen molar-refractivity contribution in [3.63, 3.8) is 0 Å². The summed E-state index contributed by atoms with van der Waals surface area (Å²) in [6, 6.07) is 23.9. The molecule has 4 rings (SSSR count). The van der Waals surface area contributed by atoms with E-state index in [1.165, 1.54) is 0 Å². The number of hydrogen-bond acceptors (Lipinski definition) is 3. The van der Waals surface area contributed by atoms with E-state index in [9.17, 15) is 9.59 Å². The Balaban J connectivity index is 1.43. The summed E-state index contributed by atoms with van der Waals surface area (Å²) in [6.07, 6.45) is 1.42. The number of amides is 2. The van der Waals surface area contributed by atoms with Crippen molar-refractivity contribution in [1.29, 1.82) is 0 Å². The van der Waals surface area contributed by atoms with Crippen LogP contribution in [0.2, 0.25) is 0 Å². The van der Waals surface area contributed by atoms with E-state index in [0.717, 1.165) is 17.9 Å². The Bertz CT molecular complexity index is 984. The minimum atomic E-state index is -0.217. The molecule has 1 saturated heterocycles. The molecule has 1 N–H and O–H groups in total. The molecule has 140 valence electrons. The first-order valence-corrected chi connectivity index (χ1v) is 9.24. The van der Waals surface area contributed by atoms with E-state index >= 15 is 0 Å². The second-order valence-corrected chi connectivity index (χ2v) is 6.59. The number of nitrogens with one attached hydrogen (secondary N) is 1. The number of nitrogens with zero attached hydrogens (tertiary/aromatic N) is 1. The number of benzene rings is 3. The van der Waals surface area contributed by atoms with Crippen molar-refractivity contribution in [3.8, 4) is 11.5 Å². The van der Waals surface area contributed by atoms with Crippen molar-refractivity contribution < 1.29 is 14.3 Å². The summed E-state index contributed by atoms with van der Waals surface area (Å²) in [7, 11) is 0. The third-order valence-electron chi connectivity index (χ3n) is 4.58. The highest BCUT2D eigenvalue weighted by molar-refractivity contribution is 6.05. The van der Waals surface area contributed by atoms with Crippen LogP contribution in [0.15, 0.2) is 78.9 Å². The van der Waals surface area contributed by atoms with Gasteiger partial charge in [-0.1, -0.05) is 24.3 Å². The molecule has 5 nitrogen and oxygen atoms in total. The van der Waals surface area contributed by atoms with Gasteiger partial charge in [-0.25, -0.2) is 0 Å². The van der Waals surface area contributed by atoms with E-state index in [0.29, 0.717) is 30.0 Å². The van der Waals surface area contributed by atoms with Gasteiger partial charge in [0.2, 0.25) is 5.91 Å². The molecule has 3 aromatic carbocycles. The molecule has 3 aromatic rings. The number of carbonyl (C=O) groups excluding carboxylic acids is 2. The highest BCUT2D eigenvalue weighted by Crippen LogP contribution is 2.24. The fraction of sp³-hybridized carbons (Fsp3) is 0.130. The van der Waals surface area contributed by atoms with Crippen molar-refractivity contribution in [2.45, 2.75) is 12.8 Å². The van der Waals surface area contributed by atoms with Gasteiger partial charge in [-0.3, -0.25) is 9.59 Å². The summed E-state index contributed by atoms with van der Waals surface area (Å²) in [6.45, 7) is 0.701. The maximum atomic E-state index is 12.6. The first kappa shape index (κ1) is 17.8. The van der Waals surface area contributed by atoms with Crippen LogP contribution in [0.25, 0.3) is 0 Å². The quantitative estimate of drug-likeness (QED) is 0.696. The summed E-state index contributed by atoms with van der Waals surface area (Å²) in [5.74, 6) is 1.34. The van der Waals surface area contributed by atoms with Gasteiger partial charge < -0.3 is 15.0 Å². The second-order valence-electron chi connectivity index (χ2n) is 6.59. The number of ether oxygens (including phenoxy) is 1. The van der Waals surface area contributed by atoms with E-state index in [4.69, 9.17) is 4.74 Å². The molecule has 0 aromatic heterocycles. The molecule has 5 heteroatoms. The lowest BCUT2D eigenvalue weighted by Crippen LogP contribution is -2.24. The number of hydrogen-bond donors (Lipinski definition) is 1. The van der Waals surface area contributed by atoms with Gasteiger partial charge in [0.1, 0.15) is 11.5 Å². The molecule has 1 aliphatic rings. The smallest absolute Gasteiger partial charge is 0.255 e. The third-order valence-corrected chi connectivity index (χ3v) is 4.58. The van der Waals surface area contributed by atoms with Crippen LogP contribution in [-0.2, 0) is 4.79 Å². The average Bonchev–Trinajstić information content (AvgIpc) is 3.16. The standard InChI is InChI=1S/C23H20N2O3/c26-22-10-5-15-25(22)19-7-4-6-17(16-19)23(27)24-18-11-13-21(14-12-18)28-20-8-2-1-3-9-20/h1-4,6-9,11-14,16H,5,10,15H2,(H,24,27). The minimum absolute atomic E-state index is 0.103. The normalized spacial score (nSPS) is 13.4. The van der Waals surface area contributed by atoms with Crippen LogP contribution in [0.3, 0.4) is 0 Å². The first-order valence-electron chi connectivity index (χ1n) is 9.24. The second kappa shape index (κ2) is 7.96. The molecule has 0 radical (unpaired) electrons. The Morgan fingerprint density at radius 2 is 1.64 bits per heavy atom. The highest BCUT2D eigenvalue weighted by atomic mass is 16.5. The molecular formula is C23H20N2O3. The fourth-order valence-corrected chi connectivity index (χ4v) is 3.17. The molecule has 0 spiro atoms. The monoisotopic (exact) mass is 372 g/mol. The summed E-state index contributed by atoms with van der Waals surface area (Å²) in [5, 5.41) is 2.88. The predicted octanol–water partition coefficient (Wildman–Crippen LogP) is 4.86. The van der Waals surface area contributed by atoms with Crippen LogP contribution in [0.4, 0.5) is 11.4 Å². The molecule has 28 heavy (non-hydrogen) atoms. The fourth-order valence-electron chi connectivity index (χ4n) is 3.17. The summed E-state index contributed by atoms with van der Waals surface area (Å²) in [4.78, 5) is 26.2. The van der Waals surface area contributed by atoms with Crippen LogP contribution in [0, 0.1) is 0 Å². The zero-order valence-electron chi connectivity index (χ0n) is 15.3. The zero-order chi connectivity index (χ0) is 19.3. The molecule has 1 aliphatic heterocycles. The van der Waals surface area contributed by atoms with Crippen LogP contribution in [0.5, 0.6) is 11.5 Å². The topological polar surface area (TPSA) is 58.6 Å². The highest BCUT2D eigenvalue weighted by Gasteiger charge is 2.22. The SMILES string of the molecule is O=C(Nc1ccc(Oc2ccccc2)cc1)c1cccc(N2CCCC2=O)c1. The lowest BCUT2D eigenvalue weighted by molar-refractivity contribution is -0.117. The lowest BCUT2D eigenvalue weighted by Gasteiger charge is -2.16.